The molecular weight excluding hydrogens is 741 g/mol. The van der Waals surface area contributed by atoms with Crippen LogP contribution < -0.4 is 10.6 Å². The lowest BCUT2D eigenvalue weighted by Crippen LogP contribution is -2.60. The van der Waals surface area contributed by atoms with Crippen molar-refractivity contribution in [3.8, 4) is 0 Å². The minimum Gasteiger partial charge on any atom is -0.390 e. The number of benzene rings is 1. The van der Waals surface area contributed by atoms with Crippen molar-refractivity contribution >= 4 is 35.0 Å². The van der Waals surface area contributed by atoms with E-state index < -0.39 is 36.3 Å². The standard InChI is InChI=1S/C44H72N6O6S/c1-13-29(7)37(47-42(54)38(27(3)4)48(10)28(5)6)44(55)49(11)39(30(8)14-2)35(51)26-36(52)50-23-18-21-34(50)40(56-12)31(9)41(53)46-33(43-45-22-24-57-43)25-32-19-16-15-17-20-32/h15-17,19-20,22,24,27-31,33-35,37-40,51H,13-14,18,21,23,25-26H2,1-12H3,(H,46,53)(H,47,54)/t29-,30-,31+,33-,34-,35+,37-,38-,39-,40+/m0/s1. The van der Waals surface area contributed by atoms with E-state index in [0.717, 1.165) is 17.0 Å². The number of carbonyl (C=O) groups is 4. The maximum atomic E-state index is 14.4. The number of likely N-dealkylation sites (N-methyl/N-ethyl adjacent to an activating group) is 2. The van der Waals surface area contributed by atoms with Crippen LogP contribution in [0.25, 0.3) is 0 Å². The summed E-state index contributed by atoms with van der Waals surface area (Å²) in [7, 11) is 5.17. The van der Waals surface area contributed by atoms with Gasteiger partial charge in [-0.1, -0.05) is 91.6 Å². The normalized spacial score (nSPS) is 19.4. The number of hydrogen-bond donors (Lipinski definition) is 3. The summed E-state index contributed by atoms with van der Waals surface area (Å²) in [5.74, 6) is -1.79. The molecule has 1 aromatic carbocycles. The number of aliphatic hydroxyl groups excluding tert-OH is 1. The van der Waals surface area contributed by atoms with Crippen molar-refractivity contribution in [3.63, 3.8) is 0 Å². The molecule has 4 amide bonds. The van der Waals surface area contributed by atoms with E-state index >= 15 is 0 Å². The molecule has 3 rings (SSSR count). The zero-order valence-electron chi connectivity index (χ0n) is 36.6. The third-order valence-corrected chi connectivity index (χ3v) is 13.1. The molecule has 1 aromatic heterocycles. The predicted octanol–water partition coefficient (Wildman–Crippen LogP) is 5.71. The Hall–Kier alpha value is -3.39. The lowest BCUT2D eigenvalue weighted by atomic mass is 9.89. The largest absolute Gasteiger partial charge is 0.390 e. The van der Waals surface area contributed by atoms with Crippen LogP contribution in [0.3, 0.4) is 0 Å². The van der Waals surface area contributed by atoms with E-state index in [1.165, 1.54) is 11.3 Å². The highest BCUT2D eigenvalue weighted by Crippen LogP contribution is 2.30. The van der Waals surface area contributed by atoms with Crippen molar-refractivity contribution in [1.82, 2.24) is 30.3 Å². The van der Waals surface area contributed by atoms with Crippen molar-refractivity contribution in [3.05, 3.63) is 52.5 Å². The number of aromatic nitrogens is 1. The van der Waals surface area contributed by atoms with Crippen LogP contribution in [0.2, 0.25) is 0 Å². The predicted molar refractivity (Wildman–Crippen MR) is 227 cm³/mol. The Balaban J connectivity index is 1.78. The highest BCUT2D eigenvalue weighted by atomic mass is 32.1. The van der Waals surface area contributed by atoms with Gasteiger partial charge in [-0.3, -0.25) is 24.1 Å². The molecule has 1 aliphatic heterocycles. The molecule has 57 heavy (non-hydrogen) atoms. The molecule has 0 saturated carbocycles. The zero-order chi connectivity index (χ0) is 42.6. The summed E-state index contributed by atoms with van der Waals surface area (Å²) < 4.78 is 6.00. The Bertz CT molecular complexity index is 1540. The lowest BCUT2D eigenvalue weighted by Gasteiger charge is -2.40. The molecule has 0 spiro atoms. The molecule has 1 saturated heterocycles. The second-order valence-corrected chi connectivity index (χ2v) is 17.7. The van der Waals surface area contributed by atoms with Gasteiger partial charge < -0.3 is 30.3 Å². The molecule has 0 bridgehead atoms. The van der Waals surface area contributed by atoms with Gasteiger partial charge in [0.25, 0.3) is 0 Å². The average molecular weight is 813 g/mol. The summed E-state index contributed by atoms with van der Waals surface area (Å²) >= 11 is 1.49. The Kier molecular flexibility index (Phi) is 19.1. The maximum absolute atomic E-state index is 14.4. The van der Waals surface area contributed by atoms with Gasteiger partial charge in [-0.25, -0.2) is 4.98 Å². The van der Waals surface area contributed by atoms with E-state index in [1.54, 1.807) is 30.2 Å². The number of nitrogens with one attached hydrogen (secondary N) is 2. The van der Waals surface area contributed by atoms with Crippen LogP contribution in [0.15, 0.2) is 41.9 Å². The topological polar surface area (TPSA) is 144 Å². The smallest absolute Gasteiger partial charge is 0.245 e. The van der Waals surface area contributed by atoms with Gasteiger partial charge in [-0.2, -0.15) is 0 Å². The van der Waals surface area contributed by atoms with E-state index in [9.17, 15) is 24.3 Å². The fourth-order valence-electron chi connectivity index (χ4n) is 8.29. The van der Waals surface area contributed by atoms with Crippen LogP contribution in [0, 0.1) is 23.7 Å². The van der Waals surface area contributed by atoms with Crippen molar-refractivity contribution < 1.29 is 29.0 Å². The third-order valence-electron chi connectivity index (χ3n) is 12.3. The molecule has 12 nitrogen and oxygen atoms in total. The Morgan fingerprint density at radius 2 is 1.61 bits per heavy atom. The van der Waals surface area contributed by atoms with E-state index in [-0.39, 0.29) is 65.9 Å². The Labute approximate surface area is 346 Å². The molecule has 1 aliphatic rings. The van der Waals surface area contributed by atoms with Crippen LogP contribution >= 0.6 is 11.3 Å². The minimum atomic E-state index is -1.16. The summed E-state index contributed by atoms with van der Waals surface area (Å²) in [6.07, 6.45) is 3.11. The SMILES string of the molecule is CC[C@H](C)[C@@H]([C@H](O)CC(=O)N1CCC[C@H]1[C@H](OC)[C@@H](C)C(=O)N[C@@H](Cc1ccccc1)c1nccs1)N(C)C(=O)[C@@H](NC(=O)[C@H](C(C)C)N(C)C(C)C)[C@@H](C)CC. The van der Waals surface area contributed by atoms with E-state index in [4.69, 9.17) is 4.74 Å². The first-order valence-corrected chi connectivity index (χ1v) is 21.9. The van der Waals surface area contributed by atoms with Crippen LogP contribution in [0.5, 0.6) is 0 Å². The number of aliphatic hydroxyl groups is 1. The summed E-state index contributed by atoms with van der Waals surface area (Å²) in [4.78, 5) is 66.1. The fourth-order valence-corrected chi connectivity index (χ4v) is 8.98. The van der Waals surface area contributed by atoms with Gasteiger partial charge in [0.2, 0.25) is 23.6 Å². The van der Waals surface area contributed by atoms with E-state index in [2.05, 4.69) is 15.6 Å². The molecule has 0 aliphatic carbocycles. The highest BCUT2D eigenvalue weighted by molar-refractivity contribution is 7.09. The molecular formula is C44H72N6O6S. The van der Waals surface area contributed by atoms with Gasteiger partial charge in [0.1, 0.15) is 11.0 Å². The van der Waals surface area contributed by atoms with Crippen LogP contribution in [0.1, 0.15) is 111 Å². The van der Waals surface area contributed by atoms with Crippen molar-refractivity contribution in [2.75, 3.05) is 27.7 Å². The summed E-state index contributed by atoms with van der Waals surface area (Å²) in [5, 5.41) is 20.9. The minimum absolute atomic E-state index is 0.0214. The number of methoxy groups -OCH3 is 1. The van der Waals surface area contributed by atoms with Gasteiger partial charge in [0.05, 0.1) is 48.7 Å². The van der Waals surface area contributed by atoms with Crippen molar-refractivity contribution in [2.45, 2.75) is 149 Å². The third kappa shape index (κ3) is 12.6. The van der Waals surface area contributed by atoms with E-state index in [0.29, 0.717) is 32.2 Å². The molecule has 3 N–H and O–H groups in total. The van der Waals surface area contributed by atoms with Gasteiger partial charge in [-0.15, -0.1) is 11.3 Å². The molecule has 1 fully saturated rings. The van der Waals surface area contributed by atoms with Gasteiger partial charge in [0.15, 0.2) is 0 Å². The van der Waals surface area contributed by atoms with E-state index in [1.807, 2.05) is 110 Å². The zero-order valence-corrected chi connectivity index (χ0v) is 37.4. The quantitative estimate of drug-likeness (QED) is 0.137. The number of rotatable bonds is 22. The number of nitrogens with zero attached hydrogens (tertiary/aromatic N) is 4. The van der Waals surface area contributed by atoms with Crippen LogP contribution in [0.4, 0.5) is 0 Å². The molecule has 13 heteroatoms. The van der Waals surface area contributed by atoms with Crippen LogP contribution in [-0.4, -0.2) is 119 Å². The van der Waals surface area contributed by atoms with Gasteiger partial charge in [-0.05, 0) is 63.5 Å². The molecule has 10 atom stereocenters. The average Bonchev–Trinajstić information content (AvgIpc) is 3.90. The summed E-state index contributed by atoms with van der Waals surface area (Å²) in [6.45, 7) is 18.3. The van der Waals surface area contributed by atoms with Crippen molar-refractivity contribution in [1.29, 1.82) is 0 Å². The molecule has 2 heterocycles. The molecule has 2 aromatic rings. The number of likely N-dealkylation sites (tertiary alicyclic amines) is 1. The number of hydrogen-bond acceptors (Lipinski definition) is 9. The number of amides is 4. The number of carbonyl (C=O) groups excluding carboxylic acids is 4. The van der Waals surface area contributed by atoms with Gasteiger partial charge in [0, 0.05) is 38.3 Å². The number of ether oxygens (including phenoxy) is 1. The first-order valence-electron chi connectivity index (χ1n) is 21.0. The monoisotopic (exact) mass is 813 g/mol. The fraction of sp³-hybridized carbons (Fsp3) is 0.705. The Morgan fingerprint density at radius 1 is 0.965 bits per heavy atom. The summed E-state index contributed by atoms with van der Waals surface area (Å²) in [6, 6.07) is 7.52. The second kappa shape index (κ2) is 22.7. The Morgan fingerprint density at radius 3 is 2.16 bits per heavy atom. The maximum Gasteiger partial charge on any atom is 0.245 e. The van der Waals surface area contributed by atoms with Crippen molar-refractivity contribution in [2.24, 2.45) is 23.7 Å². The lowest BCUT2D eigenvalue weighted by molar-refractivity contribution is -0.147. The van der Waals surface area contributed by atoms with Crippen LogP contribution in [-0.2, 0) is 30.3 Å². The first kappa shape index (κ1) is 48.0. The molecule has 320 valence electrons. The van der Waals surface area contributed by atoms with Gasteiger partial charge >= 0.3 is 0 Å². The highest BCUT2D eigenvalue weighted by Gasteiger charge is 2.43. The number of thiazole rings is 1. The summed E-state index contributed by atoms with van der Waals surface area (Å²) in [5.41, 5.74) is 1.08. The second-order valence-electron chi connectivity index (χ2n) is 16.8. The first-order chi connectivity index (χ1) is 27.0. The molecule has 0 unspecified atom stereocenters. The molecule has 0 radical (unpaired) electrons.